The van der Waals surface area contributed by atoms with E-state index in [2.05, 4.69) is 5.10 Å². The van der Waals surface area contributed by atoms with Crippen molar-refractivity contribution in [2.45, 2.75) is 12.8 Å². The lowest BCUT2D eigenvalue weighted by atomic mass is 9.98. The Hall–Kier alpha value is -2.10. The van der Waals surface area contributed by atoms with E-state index >= 15 is 0 Å². The van der Waals surface area contributed by atoms with Crippen LogP contribution in [0.4, 0.5) is 0 Å². The highest BCUT2D eigenvalue weighted by atomic mass is 16.4. The van der Waals surface area contributed by atoms with E-state index in [-0.39, 0.29) is 0 Å². The second kappa shape index (κ2) is 4.41. The zero-order valence-corrected chi connectivity index (χ0v) is 9.79. The number of carboxylic acids is 1. The van der Waals surface area contributed by atoms with E-state index in [1.54, 1.807) is 17.8 Å². The molecule has 1 aromatic carbocycles. The number of rotatable bonds is 3. The van der Waals surface area contributed by atoms with E-state index in [0.29, 0.717) is 0 Å². The molecule has 1 aromatic heterocycles. The molecule has 0 saturated heterocycles. The number of carbonyl (C=O) groups is 1. The van der Waals surface area contributed by atoms with Gasteiger partial charge in [0.15, 0.2) is 0 Å². The molecule has 0 aliphatic carbocycles. The van der Waals surface area contributed by atoms with Crippen LogP contribution < -0.4 is 0 Å². The molecule has 1 unspecified atom stereocenters. The predicted octanol–water partition coefficient (Wildman–Crippen LogP) is 2.28. The third-order valence-corrected chi connectivity index (χ3v) is 2.85. The Morgan fingerprint density at radius 2 is 2.00 bits per heavy atom. The number of aromatic nitrogens is 2. The molecule has 2 aromatic rings. The molecule has 1 atom stereocenters. The summed E-state index contributed by atoms with van der Waals surface area (Å²) in [6, 6.07) is 9.69. The second-order valence-corrected chi connectivity index (χ2v) is 4.00. The van der Waals surface area contributed by atoms with Crippen LogP contribution in [0.2, 0.25) is 0 Å². The predicted molar refractivity (Wildman–Crippen MR) is 64.7 cm³/mol. The molecule has 0 spiro atoms. The van der Waals surface area contributed by atoms with E-state index in [4.69, 9.17) is 5.11 Å². The van der Waals surface area contributed by atoms with Gasteiger partial charge in [0.05, 0.1) is 17.8 Å². The summed E-state index contributed by atoms with van der Waals surface area (Å²) in [4.78, 5) is 11.1. The van der Waals surface area contributed by atoms with Crippen LogP contribution in [-0.4, -0.2) is 20.9 Å². The summed E-state index contributed by atoms with van der Waals surface area (Å²) in [5.74, 6) is -1.39. The molecular formula is C13H14N2O2. The number of hydrogen-bond donors (Lipinski definition) is 1. The minimum atomic E-state index is -0.838. The standard InChI is InChI=1S/C13H14N2O2/c1-9(13(16)17)11-8-14-15(2)12(11)10-6-4-3-5-7-10/h3-9H,1-2H3,(H,16,17). The van der Waals surface area contributed by atoms with Gasteiger partial charge >= 0.3 is 5.97 Å². The van der Waals surface area contributed by atoms with Crippen LogP contribution in [0, 0.1) is 0 Å². The summed E-state index contributed by atoms with van der Waals surface area (Å²) in [5, 5.41) is 13.2. The van der Waals surface area contributed by atoms with Crippen molar-refractivity contribution in [1.82, 2.24) is 9.78 Å². The summed E-state index contributed by atoms with van der Waals surface area (Å²) in [6.45, 7) is 1.67. The normalized spacial score (nSPS) is 12.4. The lowest BCUT2D eigenvalue weighted by molar-refractivity contribution is -0.138. The number of aryl methyl sites for hydroxylation is 1. The van der Waals surface area contributed by atoms with E-state index < -0.39 is 11.9 Å². The Morgan fingerprint density at radius 1 is 1.35 bits per heavy atom. The zero-order valence-electron chi connectivity index (χ0n) is 9.79. The van der Waals surface area contributed by atoms with Crippen LogP contribution in [0.25, 0.3) is 11.3 Å². The smallest absolute Gasteiger partial charge is 0.310 e. The van der Waals surface area contributed by atoms with E-state index in [9.17, 15) is 4.79 Å². The molecule has 17 heavy (non-hydrogen) atoms. The minimum absolute atomic E-state index is 0.557. The van der Waals surface area contributed by atoms with Gasteiger partial charge in [-0.1, -0.05) is 30.3 Å². The van der Waals surface area contributed by atoms with Crippen molar-refractivity contribution in [2.24, 2.45) is 7.05 Å². The molecule has 0 amide bonds. The van der Waals surface area contributed by atoms with Gasteiger partial charge in [-0.2, -0.15) is 5.10 Å². The van der Waals surface area contributed by atoms with Crippen molar-refractivity contribution in [3.05, 3.63) is 42.1 Å². The minimum Gasteiger partial charge on any atom is -0.481 e. The quantitative estimate of drug-likeness (QED) is 0.880. The largest absolute Gasteiger partial charge is 0.481 e. The summed E-state index contributed by atoms with van der Waals surface area (Å²) >= 11 is 0. The van der Waals surface area contributed by atoms with Crippen molar-refractivity contribution in [2.75, 3.05) is 0 Å². The molecule has 88 valence electrons. The maximum absolute atomic E-state index is 11.1. The topological polar surface area (TPSA) is 55.1 Å². The highest BCUT2D eigenvalue weighted by Crippen LogP contribution is 2.28. The molecule has 0 aliphatic heterocycles. The Kier molecular flexibility index (Phi) is 2.95. The molecule has 1 heterocycles. The average Bonchev–Trinajstić information content (AvgIpc) is 2.71. The third-order valence-electron chi connectivity index (χ3n) is 2.85. The van der Waals surface area contributed by atoms with Crippen LogP contribution in [0.1, 0.15) is 18.4 Å². The molecule has 0 fully saturated rings. The Bertz CT molecular complexity index is 532. The first kappa shape index (κ1) is 11.4. The number of nitrogens with zero attached hydrogens (tertiary/aromatic N) is 2. The van der Waals surface area contributed by atoms with Gasteiger partial charge in [0.2, 0.25) is 0 Å². The molecule has 2 rings (SSSR count). The zero-order chi connectivity index (χ0) is 12.4. The number of carboxylic acid groups (broad SMARTS) is 1. The average molecular weight is 230 g/mol. The fourth-order valence-electron chi connectivity index (χ4n) is 1.85. The monoisotopic (exact) mass is 230 g/mol. The van der Waals surface area contributed by atoms with Crippen LogP contribution in [0.15, 0.2) is 36.5 Å². The SMILES string of the molecule is CC(C(=O)O)c1cnn(C)c1-c1ccccc1. The van der Waals surface area contributed by atoms with Gasteiger partial charge in [0.1, 0.15) is 0 Å². The number of aliphatic carboxylic acids is 1. The molecule has 0 aliphatic rings. The summed E-state index contributed by atoms with van der Waals surface area (Å²) < 4.78 is 1.71. The fraction of sp³-hybridized carbons (Fsp3) is 0.231. The molecule has 1 N–H and O–H groups in total. The first-order valence-electron chi connectivity index (χ1n) is 5.41. The molecule has 0 bridgehead atoms. The first-order chi connectivity index (χ1) is 8.11. The molecule has 0 radical (unpaired) electrons. The summed E-state index contributed by atoms with van der Waals surface area (Å²) in [5.41, 5.74) is 2.59. The van der Waals surface area contributed by atoms with Crippen LogP contribution in [0.5, 0.6) is 0 Å². The van der Waals surface area contributed by atoms with E-state index in [0.717, 1.165) is 16.8 Å². The highest BCUT2D eigenvalue weighted by Gasteiger charge is 2.21. The third kappa shape index (κ3) is 2.06. The van der Waals surface area contributed by atoms with E-state index in [1.807, 2.05) is 37.4 Å². The molecule has 0 saturated carbocycles. The van der Waals surface area contributed by atoms with Gasteiger partial charge in [-0.25, -0.2) is 0 Å². The van der Waals surface area contributed by atoms with Gasteiger partial charge in [-0.05, 0) is 6.92 Å². The lowest BCUT2D eigenvalue weighted by Crippen LogP contribution is -2.08. The van der Waals surface area contributed by atoms with Crippen molar-refractivity contribution in [3.63, 3.8) is 0 Å². The Labute approximate surface area is 99.5 Å². The van der Waals surface area contributed by atoms with Gasteiger partial charge in [0.25, 0.3) is 0 Å². The Morgan fingerprint density at radius 3 is 2.59 bits per heavy atom. The van der Waals surface area contributed by atoms with Crippen molar-refractivity contribution in [3.8, 4) is 11.3 Å². The van der Waals surface area contributed by atoms with Gasteiger partial charge in [0, 0.05) is 18.2 Å². The summed E-state index contributed by atoms with van der Waals surface area (Å²) in [7, 11) is 1.82. The number of hydrogen-bond acceptors (Lipinski definition) is 2. The van der Waals surface area contributed by atoms with Crippen molar-refractivity contribution in [1.29, 1.82) is 0 Å². The highest BCUT2D eigenvalue weighted by molar-refractivity contribution is 5.79. The molecule has 4 nitrogen and oxygen atoms in total. The maximum atomic E-state index is 11.1. The van der Waals surface area contributed by atoms with Gasteiger partial charge in [-0.3, -0.25) is 9.48 Å². The van der Waals surface area contributed by atoms with Crippen LogP contribution in [-0.2, 0) is 11.8 Å². The molecule has 4 heteroatoms. The second-order valence-electron chi connectivity index (χ2n) is 4.00. The Balaban J connectivity index is 2.54. The van der Waals surface area contributed by atoms with Gasteiger partial charge < -0.3 is 5.11 Å². The van der Waals surface area contributed by atoms with Gasteiger partial charge in [-0.15, -0.1) is 0 Å². The van der Waals surface area contributed by atoms with E-state index in [1.165, 1.54) is 0 Å². The first-order valence-corrected chi connectivity index (χ1v) is 5.41. The maximum Gasteiger partial charge on any atom is 0.310 e. The summed E-state index contributed by atoms with van der Waals surface area (Å²) in [6.07, 6.45) is 1.63. The number of benzene rings is 1. The molecular weight excluding hydrogens is 216 g/mol. The van der Waals surface area contributed by atoms with Crippen molar-refractivity contribution >= 4 is 5.97 Å². The van der Waals surface area contributed by atoms with Crippen LogP contribution in [0.3, 0.4) is 0 Å². The van der Waals surface area contributed by atoms with Crippen molar-refractivity contribution < 1.29 is 9.90 Å². The lowest BCUT2D eigenvalue weighted by Gasteiger charge is -2.09. The fourth-order valence-corrected chi connectivity index (χ4v) is 1.85. The van der Waals surface area contributed by atoms with Crippen LogP contribution >= 0.6 is 0 Å².